The van der Waals surface area contributed by atoms with E-state index in [0.717, 1.165) is 5.56 Å². The number of sulfonamides is 2. The lowest BCUT2D eigenvalue weighted by Crippen LogP contribution is -2.45. The van der Waals surface area contributed by atoms with E-state index in [1.807, 2.05) is 6.92 Å². The highest BCUT2D eigenvalue weighted by Gasteiger charge is 2.25. The van der Waals surface area contributed by atoms with Crippen molar-refractivity contribution in [2.45, 2.75) is 42.5 Å². The first-order valence-electron chi connectivity index (χ1n) is 11.0. The zero-order valence-electron chi connectivity index (χ0n) is 20.3. The standard InChI is InChI=1S/C23H29N5O7S2/c1-3-4-16-35-18-9-13-20(14-10-18)36(31,32)27-21(22(29)26-30)6-5-15-25-23(24)28-37(33,34)19-11-7-17(2)8-12-19/h7-14,21,27,30H,5-6,15-16H2,1-2H3,(H,26,29)(H3,24,25,28). The fourth-order valence-corrected chi connectivity index (χ4v) is 5.11. The fraction of sp³-hybridized carbons (Fsp3) is 0.304. The summed E-state index contributed by atoms with van der Waals surface area (Å²) in [7, 11) is -8.05. The van der Waals surface area contributed by atoms with Crippen LogP contribution in [0.4, 0.5) is 0 Å². The lowest BCUT2D eigenvalue weighted by molar-refractivity contribution is -0.131. The van der Waals surface area contributed by atoms with Crippen molar-refractivity contribution in [2.24, 2.45) is 10.7 Å². The molecule has 0 saturated heterocycles. The van der Waals surface area contributed by atoms with Crippen molar-refractivity contribution in [3.8, 4) is 17.6 Å². The Kier molecular flexibility index (Phi) is 10.9. The first-order chi connectivity index (χ1) is 17.5. The summed E-state index contributed by atoms with van der Waals surface area (Å²) in [4.78, 5) is 15.9. The van der Waals surface area contributed by atoms with E-state index < -0.39 is 32.0 Å². The van der Waals surface area contributed by atoms with Gasteiger partial charge in [-0.25, -0.2) is 27.0 Å². The molecule has 37 heavy (non-hydrogen) atoms. The van der Waals surface area contributed by atoms with Crippen molar-refractivity contribution in [3.05, 3.63) is 54.1 Å². The second-order valence-electron chi connectivity index (χ2n) is 7.66. The molecule has 0 bridgehead atoms. The van der Waals surface area contributed by atoms with Gasteiger partial charge in [-0.1, -0.05) is 23.6 Å². The normalized spacial score (nSPS) is 12.7. The van der Waals surface area contributed by atoms with Gasteiger partial charge in [0.05, 0.1) is 9.79 Å². The van der Waals surface area contributed by atoms with Crippen molar-refractivity contribution in [3.63, 3.8) is 0 Å². The number of carbonyl (C=O) groups is 1. The molecule has 0 fully saturated rings. The maximum atomic E-state index is 12.7. The molecule has 1 unspecified atom stereocenters. The minimum absolute atomic E-state index is 0.0135. The minimum atomic E-state index is -4.13. The number of hydrogen-bond donors (Lipinski definition) is 5. The first kappa shape index (κ1) is 29.6. The number of aliphatic imine (C=N–C) groups is 1. The summed E-state index contributed by atoms with van der Waals surface area (Å²) in [6.07, 6.45) is 0.0722. The number of hydrogen-bond acceptors (Lipinski definition) is 8. The Morgan fingerprint density at radius 1 is 1.05 bits per heavy atom. The summed E-state index contributed by atoms with van der Waals surface area (Å²) < 4.78 is 59.9. The van der Waals surface area contributed by atoms with Gasteiger partial charge in [0.1, 0.15) is 18.4 Å². The number of carbonyl (C=O) groups excluding carboxylic acids is 1. The number of nitrogens with one attached hydrogen (secondary N) is 3. The molecule has 0 heterocycles. The van der Waals surface area contributed by atoms with E-state index in [2.05, 4.69) is 26.3 Å². The molecule has 2 rings (SSSR count). The molecule has 0 radical (unpaired) electrons. The van der Waals surface area contributed by atoms with Gasteiger partial charge in [0, 0.05) is 6.54 Å². The number of rotatable bonds is 12. The topological polar surface area (TPSA) is 189 Å². The van der Waals surface area contributed by atoms with Crippen LogP contribution in [0.25, 0.3) is 0 Å². The highest BCUT2D eigenvalue weighted by molar-refractivity contribution is 7.90. The molecular formula is C23H29N5O7S2. The summed E-state index contributed by atoms with van der Waals surface area (Å²) in [5.74, 6) is 4.47. The van der Waals surface area contributed by atoms with Gasteiger partial charge in [0.15, 0.2) is 0 Å². The van der Waals surface area contributed by atoms with Crippen LogP contribution in [-0.4, -0.2) is 53.1 Å². The predicted molar refractivity (Wildman–Crippen MR) is 137 cm³/mol. The maximum absolute atomic E-state index is 12.7. The molecule has 12 nitrogen and oxygen atoms in total. The largest absolute Gasteiger partial charge is 0.481 e. The number of benzene rings is 2. The molecule has 14 heteroatoms. The minimum Gasteiger partial charge on any atom is -0.481 e. The quantitative estimate of drug-likeness (QED) is 0.0633. The Labute approximate surface area is 216 Å². The van der Waals surface area contributed by atoms with Gasteiger partial charge >= 0.3 is 0 Å². The lowest BCUT2D eigenvalue weighted by Gasteiger charge is -2.17. The van der Waals surface area contributed by atoms with Crippen LogP contribution in [0, 0.1) is 18.8 Å². The zero-order chi connectivity index (χ0) is 27.5. The highest BCUT2D eigenvalue weighted by Crippen LogP contribution is 2.17. The molecule has 0 spiro atoms. The van der Waals surface area contributed by atoms with Gasteiger partial charge in [-0.05, 0) is 63.1 Å². The lowest BCUT2D eigenvalue weighted by atomic mass is 10.1. The first-order valence-corrected chi connectivity index (χ1v) is 13.9. The van der Waals surface area contributed by atoms with Crippen molar-refractivity contribution >= 4 is 31.9 Å². The van der Waals surface area contributed by atoms with Crippen LogP contribution in [0.15, 0.2) is 63.3 Å². The zero-order valence-corrected chi connectivity index (χ0v) is 21.9. The number of guanidine groups is 1. The van der Waals surface area contributed by atoms with Gasteiger partial charge in [-0.3, -0.25) is 15.0 Å². The third kappa shape index (κ3) is 9.39. The van der Waals surface area contributed by atoms with Gasteiger partial charge in [0.2, 0.25) is 16.0 Å². The van der Waals surface area contributed by atoms with Crippen LogP contribution >= 0.6 is 0 Å². The maximum Gasteiger partial charge on any atom is 0.264 e. The average molecular weight is 552 g/mol. The van der Waals surface area contributed by atoms with E-state index in [1.165, 1.54) is 41.9 Å². The van der Waals surface area contributed by atoms with Gasteiger partial charge < -0.3 is 10.5 Å². The Bertz CT molecular complexity index is 1360. The van der Waals surface area contributed by atoms with Crippen molar-refractivity contribution in [2.75, 3.05) is 13.2 Å². The predicted octanol–water partition coefficient (Wildman–Crippen LogP) is 0.623. The molecule has 0 aliphatic rings. The Morgan fingerprint density at radius 2 is 1.65 bits per heavy atom. The number of ether oxygens (including phenoxy) is 1. The summed E-state index contributed by atoms with van der Waals surface area (Å²) in [5, 5.41) is 9.02. The van der Waals surface area contributed by atoms with E-state index in [0.29, 0.717) is 5.75 Å². The molecule has 200 valence electrons. The molecule has 0 saturated carbocycles. The third-order valence-corrected chi connectivity index (χ3v) is 7.71. The van der Waals surface area contributed by atoms with Crippen LogP contribution in [0.5, 0.6) is 5.75 Å². The monoisotopic (exact) mass is 551 g/mol. The SMILES string of the molecule is CC#CCOc1ccc(S(=O)(=O)NC(CCCN=C(N)NS(=O)(=O)c2ccc(C)cc2)C(=O)NO)cc1. The summed E-state index contributed by atoms with van der Waals surface area (Å²) >= 11 is 0. The van der Waals surface area contributed by atoms with E-state index in [9.17, 15) is 21.6 Å². The molecule has 2 aromatic rings. The van der Waals surface area contributed by atoms with Gasteiger partial charge in [-0.2, -0.15) is 4.72 Å². The second-order valence-corrected chi connectivity index (χ2v) is 11.1. The van der Waals surface area contributed by atoms with E-state index >= 15 is 0 Å². The van der Waals surface area contributed by atoms with Gasteiger partial charge in [-0.15, -0.1) is 5.92 Å². The average Bonchev–Trinajstić information content (AvgIpc) is 2.85. The van der Waals surface area contributed by atoms with Crippen molar-refractivity contribution in [1.29, 1.82) is 0 Å². The van der Waals surface area contributed by atoms with E-state index in [1.54, 1.807) is 19.1 Å². The summed E-state index contributed by atoms with van der Waals surface area (Å²) in [6, 6.07) is 10.3. The Morgan fingerprint density at radius 3 is 2.24 bits per heavy atom. The summed E-state index contributed by atoms with van der Waals surface area (Å²) in [5.41, 5.74) is 7.99. The molecule has 2 aromatic carbocycles. The molecule has 0 aromatic heterocycles. The molecule has 0 aliphatic heterocycles. The molecule has 0 aliphatic carbocycles. The molecule has 1 amide bonds. The number of nitrogens with zero attached hydrogens (tertiary/aromatic N) is 1. The Hall–Kier alpha value is -3.64. The van der Waals surface area contributed by atoms with Crippen LogP contribution < -0.4 is 25.4 Å². The van der Waals surface area contributed by atoms with Crippen molar-refractivity contribution in [1.82, 2.24) is 14.9 Å². The van der Waals surface area contributed by atoms with Gasteiger partial charge in [0.25, 0.3) is 15.9 Å². The van der Waals surface area contributed by atoms with E-state index in [4.69, 9.17) is 15.7 Å². The number of hydroxylamine groups is 1. The number of amides is 1. The third-order valence-electron chi connectivity index (χ3n) is 4.85. The smallest absolute Gasteiger partial charge is 0.264 e. The molecule has 1 atom stereocenters. The van der Waals surface area contributed by atoms with Crippen LogP contribution in [0.1, 0.15) is 25.3 Å². The van der Waals surface area contributed by atoms with Crippen LogP contribution in [-0.2, 0) is 24.8 Å². The van der Waals surface area contributed by atoms with Crippen LogP contribution in [0.3, 0.4) is 0 Å². The van der Waals surface area contributed by atoms with Crippen LogP contribution in [0.2, 0.25) is 0 Å². The second kappa shape index (κ2) is 13.6. The summed E-state index contributed by atoms with van der Waals surface area (Å²) in [6.45, 7) is 3.62. The van der Waals surface area contributed by atoms with E-state index in [-0.39, 0.29) is 41.7 Å². The fourth-order valence-electron chi connectivity index (χ4n) is 2.92. The Balaban J connectivity index is 1.98. The highest BCUT2D eigenvalue weighted by atomic mass is 32.2. The molecular weight excluding hydrogens is 522 g/mol. The van der Waals surface area contributed by atoms with Crippen molar-refractivity contribution < 1.29 is 31.6 Å². The molecule has 6 N–H and O–H groups in total. The number of nitrogens with two attached hydrogens (primary N) is 1. The number of aryl methyl sites for hydroxylation is 1.